The number of allylic oxidation sites excluding steroid dienone is 1. The van der Waals surface area contributed by atoms with Crippen LogP contribution in [0.4, 0.5) is 0 Å². The van der Waals surface area contributed by atoms with E-state index in [1.165, 1.54) is 44.4 Å². The summed E-state index contributed by atoms with van der Waals surface area (Å²) in [5.74, 6) is 0.501. The second kappa shape index (κ2) is 8.09. The van der Waals surface area contributed by atoms with E-state index < -0.39 is 10.0 Å². The van der Waals surface area contributed by atoms with Gasteiger partial charge in [0.15, 0.2) is 5.78 Å². The van der Waals surface area contributed by atoms with Crippen LogP contribution >= 0.6 is 0 Å². The molecule has 0 atom stereocenters. The summed E-state index contributed by atoms with van der Waals surface area (Å²) in [4.78, 5) is 12.4. The zero-order valence-corrected chi connectivity index (χ0v) is 15.3. The van der Waals surface area contributed by atoms with Gasteiger partial charge in [-0.05, 0) is 49.4 Å². The summed E-state index contributed by atoms with van der Waals surface area (Å²) in [7, 11) is -0.569. The molecule has 6 heteroatoms. The third kappa shape index (κ3) is 4.55. The van der Waals surface area contributed by atoms with Gasteiger partial charge in [-0.2, -0.15) is 0 Å². The van der Waals surface area contributed by atoms with Crippen LogP contribution in [-0.4, -0.2) is 39.2 Å². The fourth-order valence-corrected chi connectivity index (χ4v) is 3.07. The number of sulfonamides is 1. The molecule has 0 aliphatic rings. The van der Waals surface area contributed by atoms with E-state index >= 15 is 0 Å². The molecule has 0 spiro atoms. The summed E-state index contributed by atoms with van der Waals surface area (Å²) in [6.45, 7) is 2.44. The van der Waals surface area contributed by atoms with Crippen molar-refractivity contribution in [2.75, 3.05) is 20.7 Å². The van der Waals surface area contributed by atoms with Gasteiger partial charge in [0.2, 0.25) is 10.0 Å². The number of para-hydroxylation sites is 1. The molecule has 0 fully saturated rings. The highest BCUT2D eigenvalue weighted by molar-refractivity contribution is 7.89. The molecule has 25 heavy (non-hydrogen) atoms. The molecule has 0 saturated carbocycles. The van der Waals surface area contributed by atoms with Crippen LogP contribution in [0.3, 0.4) is 0 Å². The minimum atomic E-state index is -3.50. The number of ketones is 1. The van der Waals surface area contributed by atoms with E-state index in [0.29, 0.717) is 17.9 Å². The van der Waals surface area contributed by atoms with Gasteiger partial charge in [0, 0.05) is 25.2 Å². The van der Waals surface area contributed by atoms with Crippen LogP contribution in [0.2, 0.25) is 0 Å². The number of benzene rings is 2. The van der Waals surface area contributed by atoms with Gasteiger partial charge in [-0.15, -0.1) is 0 Å². The van der Waals surface area contributed by atoms with E-state index in [-0.39, 0.29) is 10.7 Å². The number of rotatable bonds is 7. The maximum atomic E-state index is 12.3. The molecule has 0 aromatic heterocycles. The van der Waals surface area contributed by atoms with Gasteiger partial charge in [0.05, 0.1) is 11.5 Å². The van der Waals surface area contributed by atoms with Crippen LogP contribution in [0.1, 0.15) is 22.8 Å². The Bertz CT molecular complexity index is 869. The summed E-state index contributed by atoms with van der Waals surface area (Å²) < 4.78 is 30.7. The Kier molecular flexibility index (Phi) is 6.12. The monoisotopic (exact) mass is 359 g/mol. The number of hydrogen-bond donors (Lipinski definition) is 0. The minimum absolute atomic E-state index is 0.153. The predicted molar refractivity (Wildman–Crippen MR) is 98.3 cm³/mol. The van der Waals surface area contributed by atoms with Crippen LogP contribution in [0, 0.1) is 0 Å². The van der Waals surface area contributed by atoms with Gasteiger partial charge in [-0.25, -0.2) is 12.7 Å². The van der Waals surface area contributed by atoms with Crippen LogP contribution in [-0.2, 0) is 10.0 Å². The van der Waals surface area contributed by atoms with E-state index in [4.69, 9.17) is 4.74 Å². The molecule has 0 aliphatic heterocycles. The van der Waals surface area contributed by atoms with E-state index in [0.717, 1.165) is 9.87 Å². The SMILES string of the molecule is CCOc1ccccc1C=CC(=O)c1ccc(S(=O)(=O)N(C)C)cc1. The van der Waals surface area contributed by atoms with Crippen molar-refractivity contribution in [1.29, 1.82) is 0 Å². The summed E-state index contributed by atoms with van der Waals surface area (Å²) in [6.07, 6.45) is 3.14. The standard InChI is InChI=1S/C19H21NO4S/c1-4-24-19-8-6-5-7-16(19)11-14-18(21)15-9-12-17(13-10-15)25(22,23)20(2)3/h5-14H,4H2,1-3H3. The first-order valence-corrected chi connectivity index (χ1v) is 9.27. The Balaban J connectivity index is 2.19. The largest absolute Gasteiger partial charge is 0.493 e. The molecule has 132 valence electrons. The van der Waals surface area contributed by atoms with E-state index in [1.54, 1.807) is 6.08 Å². The normalized spacial score (nSPS) is 11.8. The maximum Gasteiger partial charge on any atom is 0.242 e. The predicted octanol–water partition coefficient (Wildman–Crippen LogP) is 3.23. The molecule has 0 heterocycles. The van der Waals surface area contributed by atoms with Gasteiger partial charge >= 0.3 is 0 Å². The summed E-state index contributed by atoms with van der Waals surface area (Å²) in [5, 5.41) is 0. The summed E-state index contributed by atoms with van der Waals surface area (Å²) in [5.41, 5.74) is 1.23. The number of hydrogen-bond acceptors (Lipinski definition) is 4. The first-order chi connectivity index (χ1) is 11.9. The lowest BCUT2D eigenvalue weighted by Crippen LogP contribution is -2.22. The van der Waals surface area contributed by atoms with Crippen molar-refractivity contribution in [2.45, 2.75) is 11.8 Å². The molecule has 0 radical (unpaired) electrons. The van der Waals surface area contributed by atoms with Gasteiger partial charge in [0.25, 0.3) is 0 Å². The Labute approximate surface area is 148 Å². The van der Waals surface area contributed by atoms with Crippen molar-refractivity contribution in [2.24, 2.45) is 0 Å². The highest BCUT2D eigenvalue weighted by atomic mass is 32.2. The molecule has 0 amide bonds. The second-order valence-corrected chi connectivity index (χ2v) is 7.63. The van der Waals surface area contributed by atoms with Crippen LogP contribution in [0.15, 0.2) is 59.5 Å². The fraction of sp³-hybridized carbons (Fsp3) is 0.211. The van der Waals surface area contributed by atoms with Crippen molar-refractivity contribution in [3.05, 3.63) is 65.7 Å². The molecule has 0 aliphatic carbocycles. The smallest absolute Gasteiger partial charge is 0.242 e. The lowest BCUT2D eigenvalue weighted by atomic mass is 10.1. The molecule has 0 unspecified atom stereocenters. The number of carbonyl (C=O) groups is 1. The zero-order valence-electron chi connectivity index (χ0n) is 14.5. The molecule has 5 nitrogen and oxygen atoms in total. The third-order valence-corrected chi connectivity index (χ3v) is 5.38. The molecule has 2 aromatic rings. The molecular formula is C19H21NO4S. The van der Waals surface area contributed by atoms with Gasteiger partial charge in [-0.3, -0.25) is 4.79 Å². The highest BCUT2D eigenvalue weighted by Gasteiger charge is 2.17. The third-order valence-electron chi connectivity index (χ3n) is 3.55. The van der Waals surface area contributed by atoms with Gasteiger partial charge in [0.1, 0.15) is 5.75 Å². The first kappa shape index (κ1) is 18.9. The van der Waals surface area contributed by atoms with Gasteiger partial charge in [-0.1, -0.05) is 18.2 Å². The Morgan fingerprint density at radius 3 is 2.32 bits per heavy atom. The fourth-order valence-electron chi connectivity index (χ4n) is 2.17. The van der Waals surface area contributed by atoms with Crippen LogP contribution in [0.25, 0.3) is 6.08 Å². The zero-order chi connectivity index (χ0) is 18.4. The first-order valence-electron chi connectivity index (χ1n) is 7.83. The highest BCUT2D eigenvalue weighted by Crippen LogP contribution is 2.20. The second-order valence-electron chi connectivity index (χ2n) is 5.48. The Morgan fingerprint density at radius 1 is 1.08 bits per heavy atom. The van der Waals surface area contributed by atoms with Crippen LogP contribution < -0.4 is 4.74 Å². The van der Waals surface area contributed by atoms with E-state index in [2.05, 4.69) is 0 Å². The molecule has 0 saturated heterocycles. The number of carbonyl (C=O) groups excluding carboxylic acids is 1. The van der Waals surface area contributed by atoms with Crippen molar-refractivity contribution >= 4 is 21.9 Å². The summed E-state index contributed by atoms with van der Waals surface area (Å²) >= 11 is 0. The number of nitrogens with zero attached hydrogens (tertiary/aromatic N) is 1. The number of ether oxygens (including phenoxy) is 1. The lowest BCUT2D eigenvalue weighted by molar-refractivity contribution is 0.104. The van der Waals surface area contributed by atoms with Crippen molar-refractivity contribution in [1.82, 2.24) is 4.31 Å². The summed E-state index contributed by atoms with van der Waals surface area (Å²) in [6, 6.07) is 13.3. The van der Waals surface area contributed by atoms with Crippen molar-refractivity contribution in [3.63, 3.8) is 0 Å². The molecule has 2 rings (SSSR count). The molecule has 2 aromatic carbocycles. The average Bonchev–Trinajstić information content (AvgIpc) is 2.61. The Morgan fingerprint density at radius 2 is 1.72 bits per heavy atom. The average molecular weight is 359 g/mol. The maximum absolute atomic E-state index is 12.3. The van der Waals surface area contributed by atoms with E-state index in [9.17, 15) is 13.2 Å². The van der Waals surface area contributed by atoms with Crippen molar-refractivity contribution in [3.8, 4) is 5.75 Å². The lowest BCUT2D eigenvalue weighted by Gasteiger charge is -2.11. The molecule has 0 bridgehead atoms. The molecule has 0 N–H and O–H groups in total. The van der Waals surface area contributed by atoms with Gasteiger partial charge < -0.3 is 4.74 Å². The Hall–Kier alpha value is -2.44. The molecular weight excluding hydrogens is 338 g/mol. The van der Waals surface area contributed by atoms with Crippen LogP contribution in [0.5, 0.6) is 5.75 Å². The van der Waals surface area contributed by atoms with E-state index in [1.807, 2.05) is 31.2 Å². The van der Waals surface area contributed by atoms with Crippen molar-refractivity contribution < 1.29 is 17.9 Å². The topological polar surface area (TPSA) is 63.7 Å². The minimum Gasteiger partial charge on any atom is -0.493 e. The quantitative estimate of drug-likeness (QED) is 0.562.